The fourth-order valence-electron chi connectivity index (χ4n) is 2.35. The van der Waals surface area contributed by atoms with Crippen molar-refractivity contribution in [2.45, 2.75) is 40.2 Å². The average Bonchev–Trinajstić information content (AvgIpc) is 2.39. The number of nitrogens with zero attached hydrogens (tertiary/aromatic N) is 1. The second kappa shape index (κ2) is 6.69. The molecule has 0 atom stereocenters. The van der Waals surface area contributed by atoms with Crippen LogP contribution in [0.4, 0.5) is 0 Å². The van der Waals surface area contributed by atoms with Crippen LogP contribution in [0.1, 0.15) is 37.8 Å². The van der Waals surface area contributed by atoms with Crippen molar-refractivity contribution in [1.82, 2.24) is 4.90 Å². The van der Waals surface area contributed by atoms with E-state index in [1.807, 2.05) is 0 Å². The van der Waals surface area contributed by atoms with Crippen molar-refractivity contribution in [2.75, 3.05) is 13.6 Å². The van der Waals surface area contributed by atoms with Gasteiger partial charge < -0.3 is 9.69 Å². The highest BCUT2D eigenvalue weighted by molar-refractivity contribution is 5.59. The van der Waals surface area contributed by atoms with Crippen LogP contribution in [0.5, 0.6) is 0 Å². The maximum absolute atomic E-state index is 11.3. The van der Waals surface area contributed by atoms with Crippen LogP contribution >= 0.6 is 0 Å². The summed E-state index contributed by atoms with van der Waals surface area (Å²) in [5.74, 6) is 0. The van der Waals surface area contributed by atoms with Gasteiger partial charge in [-0.2, -0.15) is 0 Å². The van der Waals surface area contributed by atoms with E-state index in [2.05, 4.69) is 57.0 Å². The quantitative estimate of drug-likeness (QED) is 0.688. The molecule has 1 aromatic carbocycles. The Morgan fingerprint density at radius 1 is 1.22 bits per heavy atom. The first kappa shape index (κ1) is 14.9. The van der Waals surface area contributed by atoms with Gasteiger partial charge in [0, 0.05) is 18.5 Å². The van der Waals surface area contributed by atoms with Crippen molar-refractivity contribution < 1.29 is 4.79 Å². The molecule has 0 bridgehead atoms. The summed E-state index contributed by atoms with van der Waals surface area (Å²) >= 11 is 0. The third-order valence-corrected chi connectivity index (χ3v) is 3.94. The molecule has 0 aromatic heterocycles. The monoisotopic (exact) mass is 247 g/mol. The minimum atomic E-state index is -0.183. The Bertz CT molecular complexity index is 382. The van der Waals surface area contributed by atoms with E-state index in [1.54, 1.807) is 0 Å². The maximum atomic E-state index is 11.3. The molecule has 1 aromatic rings. The van der Waals surface area contributed by atoms with Crippen LogP contribution < -0.4 is 0 Å². The predicted molar refractivity (Wildman–Crippen MR) is 76.6 cm³/mol. The molecular formula is C16H25NO. The number of rotatable bonds is 7. The Balaban J connectivity index is 2.69. The van der Waals surface area contributed by atoms with Gasteiger partial charge in [-0.1, -0.05) is 38.1 Å². The maximum Gasteiger partial charge on any atom is 0.127 e. The summed E-state index contributed by atoms with van der Waals surface area (Å²) in [7, 11) is 2.09. The van der Waals surface area contributed by atoms with E-state index in [1.165, 1.54) is 11.1 Å². The van der Waals surface area contributed by atoms with Crippen molar-refractivity contribution in [3.63, 3.8) is 0 Å². The number of aryl methyl sites for hydroxylation is 1. The van der Waals surface area contributed by atoms with Crippen molar-refractivity contribution in [1.29, 1.82) is 0 Å². The average molecular weight is 247 g/mol. The highest BCUT2D eigenvalue weighted by Crippen LogP contribution is 2.25. The molecular weight excluding hydrogens is 222 g/mol. The Morgan fingerprint density at radius 2 is 1.83 bits per heavy atom. The van der Waals surface area contributed by atoms with Crippen LogP contribution in [0.15, 0.2) is 24.3 Å². The van der Waals surface area contributed by atoms with Crippen molar-refractivity contribution in [3.8, 4) is 0 Å². The Labute approximate surface area is 111 Å². The lowest BCUT2D eigenvalue weighted by Crippen LogP contribution is -2.36. The number of carbonyl (C=O) groups excluding carboxylic acids is 1. The van der Waals surface area contributed by atoms with E-state index in [0.29, 0.717) is 0 Å². The fraction of sp³-hybridized carbons (Fsp3) is 0.562. The zero-order valence-electron chi connectivity index (χ0n) is 12.1. The summed E-state index contributed by atoms with van der Waals surface area (Å²) in [6.45, 7) is 8.06. The Morgan fingerprint density at radius 3 is 2.33 bits per heavy atom. The third-order valence-electron chi connectivity index (χ3n) is 3.94. The van der Waals surface area contributed by atoms with E-state index < -0.39 is 0 Å². The fourth-order valence-corrected chi connectivity index (χ4v) is 2.35. The van der Waals surface area contributed by atoms with Crippen LogP contribution in [-0.4, -0.2) is 24.8 Å². The predicted octanol–water partition coefficient (Wildman–Crippen LogP) is 3.43. The second-order valence-corrected chi connectivity index (χ2v) is 5.29. The van der Waals surface area contributed by atoms with Gasteiger partial charge in [0.05, 0.1) is 0 Å². The third kappa shape index (κ3) is 3.67. The number of benzene rings is 1. The SMILES string of the molecule is CCC(C=O)(CC)CN(C)Cc1ccccc1C. The number of hydrogen-bond acceptors (Lipinski definition) is 2. The highest BCUT2D eigenvalue weighted by atomic mass is 16.1. The lowest BCUT2D eigenvalue weighted by molar-refractivity contribution is -0.117. The largest absolute Gasteiger partial charge is 0.303 e. The molecule has 0 radical (unpaired) electrons. The summed E-state index contributed by atoms with van der Waals surface area (Å²) in [5.41, 5.74) is 2.47. The molecule has 0 fully saturated rings. The lowest BCUT2D eigenvalue weighted by atomic mass is 9.83. The lowest BCUT2D eigenvalue weighted by Gasteiger charge is -2.30. The summed E-state index contributed by atoms with van der Waals surface area (Å²) in [6, 6.07) is 8.43. The number of aldehydes is 1. The summed E-state index contributed by atoms with van der Waals surface area (Å²) in [4.78, 5) is 13.6. The van der Waals surface area contributed by atoms with E-state index in [9.17, 15) is 4.79 Å². The molecule has 0 aliphatic carbocycles. The molecule has 2 nitrogen and oxygen atoms in total. The van der Waals surface area contributed by atoms with E-state index in [0.717, 1.165) is 32.2 Å². The Kier molecular flexibility index (Phi) is 5.54. The first-order valence-corrected chi connectivity index (χ1v) is 6.76. The van der Waals surface area contributed by atoms with Gasteiger partial charge in [0.1, 0.15) is 6.29 Å². The molecule has 0 amide bonds. The zero-order valence-corrected chi connectivity index (χ0v) is 12.1. The first-order valence-electron chi connectivity index (χ1n) is 6.76. The first-order chi connectivity index (χ1) is 8.56. The topological polar surface area (TPSA) is 20.3 Å². The molecule has 0 aliphatic heterocycles. The smallest absolute Gasteiger partial charge is 0.127 e. The molecule has 0 aliphatic rings. The van der Waals surface area contributed by atoms with Crippen molar-refractivity contribution in [2.24, 2.45) is 5.41 Å². The standard InChI is InChI=1S/C16H25NO/c1-5-16(6-2,13-18)12-17(4)11-15-10-8-7-9-14(15)3/h7-10,13H,5-6,11-12H2,1-4H3. The summed E-state index contributed by atoms with van der Waals surface area (Å²) < 4.78 is 0. The summed E-state index contributed by atoms with van der Waals surface area (Å²) in [5, 5.41) is 0. The van der Waals surface area contributed by atoms with Crippen LogP contribution in [0.25, 0.3) is 0 Å². The highest BCUT2D eigenvalue weighted by Gasteiger charge is 2.27. The van der Waals surface area contributed by atoms with Crippen LogP contribution in [0.2, 0.25) is 0 Å². The molecule has 0 saturated heterocycles. The van der Waals surface area contributed by atoms with Crippen molar-refractivity contribution >= 4 is 6.29 Å². The molecule has 100 valence electrons. The minimum Gasteiger partial charge on any atom is -0.303 e. The molecule has 18 heavy (non-hydrogen) atoms. The Hall–Kier alpha value is -1.15. The molecule has 0 heterocycles. The van der Waals surface area contributed by atoms with Crippen LogP contribution in [0, 0.1) is 12.3 Å². The van der Waals surface area contributed by atoms with Gasteiger partial charge in [0.15, 0.2) is 0 Å². The van der Waals surface area contributed by atoms with E-state index >= 15 is 0 Å². The van der Waals surface area contributed by atoms with E-state index in [-0.39, 0.29) is 5.41 Å². The minimum absolute atomic E-state index is 0.183. The molecule has 0 saturated carbocycles. The number of hydrogen-bond donors (Lipinski definition) is 0. The van der Waals surface area contributed by atoms with Crippen LogP contribution in [0.3, 0.4) is 0 Å². The summed E-state index contributed by atoms with van der Waals surface area (Å²) in [6.07, 6.45) is 2.96. The van der Waals surface area contributed by atoms with Gasteiger partial charge in [-0.25, -0.2) is 0 Å². The van der Waals surface area contributed by atoms with Gasteiger partial charge in [-0.3, -0.25) is 0 Å². The van der Waals surface area contributed by atoms with Gasteiger partial charge >= 0.3 is 0 Å². The normalized spacial score (nSPS) is 11.8. The second-order valence-electron chi connectivity index (χ2n) is 5.29. The van der Waals surface area contributed by atoms with Gasteiger partial charge in [0.2, 0.25) is 0 Å². The van der Waals surface area contributed by atoms with Crippen LogP contribution in [-0.2, 0) is 11.3 Å². The van der Waals surface area contributed by atoms with E-state index in [4.69, 9.17) is 0 Å². The molecule has 1 rings (SSSR count). The zero-order chi connectivity index (χ0) is 13.6. The van der Waals surface area contributed by atoms with Gasteiger partial charge in [-0.15, -0.1) is 0 Å². The van der Waals surface area contributed by atoms with Gasteiger partial charge in [-0.05, 0) is 37.9 Å². The molecule has 2 heteroatoms. The molecule has 0 N–H and O–H groups in total. The molecule has 0 spiro atoms. The van der Waals surface area contributed by atoms with Gasteiger partial charge in [0.25, 0.3) is 0 Å². The molecule has 0 unspecified atom stereocenters. The number of carbonyl (C=O) groups is 1. The van der Waals surface area contributed by atoms with Crippen molar-refractivity contribution in [3.05, 3.63) is 35.4 Å².